The fourth-order valence-electron chi connectivity index (χ4n) is 1.47. The molecule has 1 aliphatic heterocycles. The van der Waals surface area contributed by atoms with Crippen molar-refractivity contribution in [3.05, 3.63) is 0 Å². The molecule has 0 saturated carbocycles. The lowest BCUT2D eigenvalue weighted by Gasteiger charge is -2.40. The van der Waals surface area contributed by atoms with E-state index in [4.69, 9.17) is 19.8 Å². The molecule has 0 aromatic carbocycles. The number of hydrogen-bond donors (Lipinski definition) is 4. The van der Waals surface area contributed by atoms with Gasteiger partial charge >= 0.3 is 5.97 Å². The number of carboxylic acid groups (broad SMARTS) is 1. The standard InChI is InChI=1S/C10H15NO7/c1-10(2,3-11)18-9-6(14)4(12)5(13)7(17-9)8(15)16/h4-7,9,12-14H,1-2H3,(H,15,16)/t4-,5-,6+,7-,9-/m0/s1. The number of nitriles is 1. The number of nitrogens with zero attached hydrogens (tertiary/aromatic N) is 1. The van der Waals surface area contributed by atoms with Crippen LogP contribution in [0.15, 0.2) is 0 Å². The minimum atomic E-state index is -1.78. The van der Waals surface area contributed by atoms with Crippen molar-refractivity contribution in [2.45, 2.75) is 50.2 Å². The van der Waals surface area contributed by atoms with Crippen molar-refractivity contribution in [3.63, 3.8) is 0 Å². The van der Waals surface area contributed by atoms with Gasteiger partial charge in [0.15, 0.2) is 18.0 Å². The van der Waals surface area contributed by atoms with Gasteiger partial charge in [-0.1, -0.05) is 0 Å². The number of hydrogen-bond acceptors (Lipinski definition) is 7. The van der Waals surface area contributed by atoms with Gasteiger partial charge in [-0.3, -0.25) is 0 Å². The van der Waals surface area contributed by atoms with Crippen molar-refractivity contribution in [2.24, 2.45) is 0 Å². The summed E-state index contributed by atoms with van der Waals surface area (Å²) in [5.74, 6) is -1.50. The molecule has 1 fully saturated rings. The highest BCUT2D eigenvalue weighted by molar-refractivity contribution is 5.73. The van der Waals surface area contributed by atoms with Gasteiger partial charge in [0.1, 0.15) is 18.3 Å². The van der Waals surface area contributed by atoms with Gasteiger partial charge < -0.3 is 29.9 Å². The molecule has 0 amide bonds. The largest absolute Gasteiger partial charge is 0.479 e. The first-order valence-electron chi connectivity index (χ1n) is 5.21. The molecule has 1 rings (SSSR count). The fraction of sp³-hybridized carbons (Fsp3) is 0.800. The predicted molar refractivity (Wildman–Crippen MR) is 55.1 cm³/mol. The molecule has 0 aliphatic carbocycles. The maximum Gasteiger partial charge on any atom is 0.335 e. The summed E-state index contributed by atoms with van der Waals surface area (Å²) in [6.45, 7) is 2.77. The zero-order valence-electron chi connectivity index (χ0n) is 9.85. The number of aliphatic hydroxyl groups is 3. The van der Waals surface area contributed by atoms with Gasteiger partial charge in [-0.15, -0.1) is 0 Å². The highest BCUT2D eigenvalue weighted by atomic mass is 16.7. The summed E-state index contributed by atoms with van der Waals surface area (Å²) in [7, 11) is 0. The Morgan fingerprint density at radius 2 is 1.83 bits per heavy atom. The SMILES string of the molecule is CC(C)(C#N)O[C@@H]1O[C@H](C(=O)O)[C@@H](O)[C@H](O)[C@H]1O. The Morgan fingerprint density at radius 3 is 2.28 bits per heavy atom. The zero-order valence-corrected chi connectivity index (χ0v) is 9.85. The normalized spacial score (nSPS) is 37.0. The number of carboxylic acids is 1. The van der Waals surface area contributed by atoms with E-state index < -0.39 is 42.3 Å². The van der Waals surface area contributed by atoms with E-state index in [0.717, 1.165) is 0 Å². The van der Waals surface area contributed by atoms with E-state index in [1.165, 1.54) is 13.8 Å². The first-order valence-corrected chi connectivity index (χ1v) is 5.21. The van der Waals surface area contributed by atoms with Crippen molar-refractivity contribution in [1.29, 1.82) is 5.26 Å². The summed E-state index contributed by atoms with van der Waals surface area (Å²) in [4.78, 5) is 10.8. The molecule has 1 saturated heterocycles. The van der Waals surface area contributed by atoms with E-state index in [1.54, 1.807) is 6.07 Å². The van der Waals surface area contributed by atoms with Crippen molar-refractivity contribution in [1.82, 2.24) is 0 Å². The van der Waals surface area contributed by atoms with Gasteiger partial charge in [-0.2, -0.15) is 5.26 Å². The maximum absolute atomic E-state index is 10.8. The predicted octanol–water partition coefficient (Wildman–Crippen LogP) is -1.80. The van der Waals surface area contributed by atoms with Crippen LogP contribution in [0, 0.1) is 11.3 Å². The summed E-state index contributed by atoms with van der Waals surface area (Å²) in [5.41, 5.74) is -1.34. The monoisotopic (exact) mass is 261 g/mol. The van der Waals surface area contributed by atoms with E-state index in [9.17, 15) is 20.1 Å². The number of aliphatic hydroxyl groups excluding tert-OH is 3. The second-order valence-electron chi connectivity index (χ2n) is 4.48. The van der Waals surface area contributed by atoms with E-state index in [2.05, 4.69) is 0 Å². The molecular formula is C10H15NO7. The Hall–Kier alpha value is -1.24. The minimum absolute atomic E-state index is 1.34. The average Bonchev–Trinajstić information content (AvgIpc) is 2.29. The minimum Gasteiger partial charge on any atom is -0.479 e. The van der Waals surface area contributed by atoms with Crippen molar-refractivity contribution in [2.75, 3.05) is 0 Å². The average molecular weight is 261 g/mol. The molecule has 0 aromatic heterocycles. The summed E-state index contributed by atoms with van der Waals surface area (Å²) in [6.07, 6.45) is -8.41. The van der Waals surface area contributed by atoms with Crippen molar-refractivity contribution >= 4 is 5.97 Å². The number of carbonyl (C=O) groups is 1. The molecule has 8 nitrogen and oxygen atoms in total. The van der Waals surface area contributed by atoms with Crippen LogP contribution < -0.4 is 0 Å². The Labute approximate surface area is 103 Å². The van der Waals surface area contributed by atoms with Gasteiger partial charge in [0.05, 0.1) is 6.07 Å². The van der Waals surface area contributed by atoms with Crippen LogP contribution in [0.3, 0.4) is 0 Å². The smallest absolute Gasteiger partial charge is 0.335 e. The van der Waals surface area contributed by atoms with Crippen LogP contribution in [0.1, 0.15) is 13.8 Å². The summed E-state index contributed by atoms with van der Waals surface area (Å²) in [6, 6.07) is 1.77. The first kappa shape index (κ1) is 14.8. The second-order valence-corrected chi connectivity index (χ2v) is 4.48. The van der Waals surface area contributed by atoms with E-state index in [1.807, 2.05) is 0 Å². The molecule has 102 valence electrons. The lowest BCUT2D eigenvalue weighted by molar-refractivity contribution is -0.309. The van der Waals surface area contributed by atoms with Gasteiger partial charge in [0, 0.05) is 0 Å². The third-order valence-electron chi connectivity index (χ3n) is 2.49. The van der Waals surface area contributed by atoms with Gasteiger partial charge in [0.2, 0.25) is 0 Å². The molecule has 18 heavy (non-hydrogen) atoms. The third-order valence-corrected chi connectivity index (χ3v) is 2.49. The second kappa shape index (κ2) is 5.17. The van der Waals surface area contributed by atoms with Crippen LogP contribution in [0.2, 0.25) is 0 Å². The van der Waals surface area contributed by atoms with Crippen LogP contribution in [0.25, 0.3) is 0 Å². The number of ether oxygens (including phenoxy) is 2. The third kappa shape index (κ3) is 2.95. The Bertz CT molecular complexity index is 364. The molecule has 5 atom stereocenters. The molecule has 0 unspecified atom stereocenters. The van der Waals surface area contributed by atoms with E-state index in [-0.39, 0.29) is 0 Å². The molecule has 1 heterocycles. The van der Waals surface area contributed by atoms with Crippen LogP contribution in [-0.2, 0) is 14.3 Å². The Morgan fingerprint density at radius 1 is 1.28 bits per heavy atom. The Balaban J connectivity index is 2.86. The molecule has 0 spiro atoms. The quantitative estimate of drug-likeness (QED) is 0.466. The highest BCUT2D eigenvalue weighted by Gasteiger charge is 2.48. The van der Waals surface area contributed by atoms with Gasteiger partial charge in [-0.05, 0) is 13.8 Å². The maximum atomic E-state index is 10.8. The lowest BCUT2D eigenvalue weighted by Crippen LogP contribution is -2.61. The fourth-order valence-corrected chi connectivity index (χ4v) is 1.47. The molecular weight excluding hydrogens is 246 g/mol. The molecule has 8 heteroatoms. The van der Waals surface area contributed by atoms with Gasteiger partial charge in [0.25, 0.3) is 0 Å². The van der Waals surface area contributed by atoms with Crippen LogP contribution in [-0.4, -0.2) is 62.7 Å². The molecule has 0 bridgehead atoms. The molecule has 4 N–H and O–H groups in total. The summed E-state index contributed by atoms with van der Waals surface area (Å²) < 4.78 is 9.92. The topological polar surface area (TPSA) is 140 Å². The number of aliphatic carboxylic acids is 1. The van der Waals surface area contributed by atoms with Crippen LogP contribution in [0.5, 0.6) is 0 Å². The van der Waals surface area contributed by atoms with Crippen molar-refractivity contribution < 1.29 is 34.7 Å². The summed E-state index contributed by atoms with van der Waals surface area (Å²) in [5, 5.41) is 46.1. The first-order chi connectivity index (χ1) is 8.19. The lowest BCUT2D eigenvalue weighted by atomic mass is 9.98. The highest BCUT2D eigenvalue weighted by Crippen LogP contribution is 2.25. The molecule has 0 aromatic rings. The van der Waals surface area contributed by atoms with Crippen LogP contribution in [0.4, 0.5) is 0 Å². The summed E-state index contributed by atoms with van der Waals surface area (Å²) >= 11 is 0. The van der Waals surface area contributed by atoms with E-state index >= 15 is 0 Å². The number of rotatable bonds is 3. The molecule has 0 radical (unpaired) electrons. The van der Waals surface area contributed by atoms with Gasteiger partial charge in [-0.25, -0.2) is 4.79 Å². The van der Waals surface area contributed by atoms with E-state index in [0.29, 0.717) is 0 Å². The molecule has 1 aliphatic rings. The zero-order chi connectivity index (χ0) is 14.1. The van der Waals surface area contributed by atoms with Crippen LogP contribution >= 0.6 is 0 Å². The van der Waals surface area contributed by atoms with Crippen molar-refractivity contribution in [3.8, 4) is 6.07 Å². The Kier molecular flexibility index (Phi) is 4.26.